The number of fused-ring (bicyclic) bond motifs is 2. The molecular formula is C27H23N3O3S. The molecule has 0 saturated carbocycles. The van der Waals surface area contributed by atoms with Crippen LogP contribution in [0.5, 0.6) is 0 Å². The van der Waals surface area contributed by atoms with Crippen LogP contribution in [0.25, 0.3) is 16.6 Å². The molecule has 34 heavy (non-hydrogen) atoms. The summed E-state index contributed by atoms with van der Waals surface area (Å²) in [5, 5.41) is 3.86. The van der Waals surface area contributed by atoms with Crippen molar-refractivity contribution in [1.29, 1.82) is 0 Å². The lowest BCUT2D eigenvalue weighted by molar-refractivity contribution is -0.116. The topological polar surface area (TPSA) is 81.1 Å². The second-order valence-corrected chi connectivity index (χ2v) is 9.42. The molecule has 0 fully saturated rings. The first-order chi connectivity index (χ1) is 16.4. The molecule has 0 spiro atoms. The molecule has 0 radical (unpaired) electrons. The maximum absolute atomic E-state index is 13.5. The van der Waals surface area contributed by atoms with Crippen molar-refractivity contribution in [1.82, 2.24) is 9.55 Å². The third kappa shape index (κ3) is 4.15. The Labute approximate surface area is 201 Å². The minimum atomic E-state index is -0.156. The minimum Gasteiger partial charge on any atom is -0.326 e. The Hall–Kier alpha value is -3.71. The zero-order valence-corrected chi connectivity index (χ0v) is 19.7. The number of hydrogen-bond donors (Lipinski definition) is 1. The Balaban J connectivity index is 1.50. The molecule has 1 aliphatic rings. The van der Waals surface area contributed by atoms with Crippen molar-refractivity contribution in [3.63, 3.8) is 0 Å². The number of rotatable bonds is 5. The van der Waals surface area contributed by atoms with Crippen molar-refractivity contribution in [2.24, 2.45) is 0 Å². The monoisotopic (exact) mass is 469 g/mol. The van der Waals surface area contributed by atoms with Gasteiger partial charge in [0, 0.05) is 17.7 Å². The van der Waals surface area contributed by atoms with Gasteiger partial charge in [-0.15, -0.1) is 0 Å². The van der Waals surface area contributed by atoms with Gasteiger partial charge in [0.15, 0.2) is 10.9 Å². The summed E-state index contributed by atoms with van der Waals surface area (Å²) in [6.45, 7) is 3.98. The number of para-hydroxylation sites is 1. The summed E-state index contributed by atoms with van der Waals surface area (Å²) in [5.41, 5.74) is 5.59. The molecule has 0 saturated heterocycles. The molecule has 1 amide bonds. The van der Waals surface area contributed by atoms with Gasteiger partial charge in [-0.3, -0.25) is 19.0 Å². The van der Waals surface area contributed by atoms with E-state index >= 15 is 0 Å². The van der Waals surface area contributed by atoms with E-state index in [-0.39, 0.29) is 23.0 Å². The smallest absolute Gasteiger partial charge is 0.266 e. The summed E-state index contributed by atoms with van der Waals surface area (Å²) in [6.07, 6.45) is 1.04. The quantitative estimate of drug-likeness (QED) is 0.256. The molecular weight excluding hydrogens is 446 g/mol. The van der Waals surface area contributed by atoms with Gasteiger partial charge in [-0.25, -0.2) is 4.98 Å². The maximum atomic E-state index is 13.5. The largest absolute Gasteiger partial charge is 0.326 e. The van der Waals surface area contributed by atoms with Gasteiger partial charge in [0.1, 0.15) is 0 Å². The van der Waals surface area contributed by atoms with Gasteiger partial charge in [0.2, 0.25) is 5.91 Å². The Morgan fingerprint density at radius 1 is 1.03 bits per heavy atom. The summed E-state index contributed by atoms with van der Waals surface area (Å²) in [6, 6.07) is 18.5. The average molecular weight is 470 g/mol. The van der Waals surface area contributed by atoms with Crippen molar-refractivity contribution in [3.05, 3.63) is 93.3 Å². The fourth-order valence-corrected chi connectivity index (χ4v) is 5.15. The number of nitrogens with one attached hydrogen (secondary N) is 1. The van der Waals surface area contributed by atoms with Crippen LogP contribution in [0.15, 0.2) is 70.6 Å². The zero-order valence-electron chi connectivity index (χ0n) is 18.9. The van der Waals surface area contributed by atoms with Crippen molar-refractivity contribution in [2.45, 2.75) is 31.8 Å². The number of carbonyl (C=O) groups is 2. The molecule has 7 heteroatoms. The number of ketones is 1. The lowest BCUT2D eigenvalue weighted by Gasteiger charge is -2.17. The molecule has 1 aliphatic heterocycles. The van der Waals surface area contributed by atoms with Gasteiger partial charge in [0.05, 0.1) is 22.3 Å². The molecule has 1 N–H and O–H groups in total. The van der Waals surface area contributed by atoms with Crippen LogP contribution in [0.2, 0.25) is 0 Å². The molecule has 0 atom stereocenters. The van der Waals surface area contributed by atoms with E-state index in [2.05, 4.69) is 5.32 Å². The summed E-state index contributed by atoms with van der Waals surface area (Å²) in [7, 11) is 0. The number of aryl methyl sites for hydroxylation is 3. The number of thioether (sulfide) groups is 1. The molecule has 0 unspecified atom stereocenters. The Bertz CT molecular complexity index is 1520. The predicted octanol–water partition coefficient (Wildman–Crippen LogP) is 4.86. The molecule has 5 rings (SSSR count). The van der Waals surface area contributed by atoms with Gasteiger partial charge in [-0.05, 0) is 67.8 Å². The SMILES string of the molecule is Cc1ccc(-n2c(SCC(=O)c3ccc4c(c3)CCC(=O)N4)nc3ccccc3c2=O)c(C)c1. The van der Waals surface area contributed by atoms with E-state index in [9.17, 15) is 14.4 Å². The number of aromatic nitrogens is 2. The van der Waals surface area contributed by atoms with E-state index in [1.165, 1.54) is 11.8 Å². The molecule has 0 aliphatic carbocycles. The van der Waals surface area contributed by atoms with E-state index < -0.39 is 0 Å². The number of nitrogens with zero attached hydrogens (tertiary/aromatic N) is 2. The van der Waals surface area contributed by atoms with Gasteiger partial charge >= 0.3 is 0 Å². The summed E-state index contributed by atoms with van der Waals surface area (Å²) in [5.74, 6) is 0.0778. The first kappa shape index (κ1) is 22.1. The van der Waals surface area contributed by atoms with Crippen LogP contribution in [-0.4, -0.2) is 27.0 Å². The first-order valence-corrected chi connectivity index (χ1v) is 12.1. The Kier molecular flexibility index (Phi) is 5.79. The van der Waals surface area contributed by atoms with Crippen LogP contribution < -0.4 is 10.9 Å². The van der Waals surface area contributed by atoms with E-state index in [0.717, 1.165) is 28.1 Å². The van der Waals surface area contributed by atoms with Gasteiger partial charge in [-0.2, -0.15) is 0 Å². The molecule has 170 valence electrons. The maximum Gasteiger partial charge on any atom is 0.266 e. The van der Waals surface area contributed by atoms with Crippen molar-refractivity contribution in [3.8, 4) is 5.69 Å². The normalized spacial score (nSPS) is 12.9. The van der Waals surface area contributed by atoms with Crippen LogP contribution in [0, 0.1) is 13.8 Å². The number of benzene rings is 3. The minimum absolute atomic E-state index is 0.00567. The number of anilines is 1. The molecule has 2 heterocycles. The average Bonchev–Trinajstić information content (AvgIpc) is 2.83. The fourth-order valence-electron chi connectivity index (χ4n) is 4.25. The Morgan fingerprint density at radius 2 is 1.85 bits per heavy atom. The standard InChI is InChI=1S/C27H23N3O3S/c1-16-7-11-23(17(2)13-16)30-26(33)20-5-3-4-6-22(20)29-27(30)34-15-24(31)19-8-10-21-18(14-19)9-12-25(32)28-21/h3-8,10-11,13-14H,9,12,15H2,1-2H3,(H,28,32). The second-order valence-electron chi connectivity index (χ2n) is 8.47. The molecule has 4 aromatic rings. The number of hydrogen-bond acceptors (Lipinski definition) is 5. The molecule has 1 aromatic heterocycles. The molecule has 0 bridgehead atoms. The van der Waals surface area contributed by atoms with Crippen molar-refractivity contribution >= 4 is 40.0 Å². The van der Waals surface area contributed by atoms with Gasteiger partial charge in [0.25, 0.3) is 5.56 Å². The van der Waals surface area contributed by atoms with Gasteiger partial charge in [-0.1, -0.05) is 41.6 Å². The van der Waals surface area contributed by atoms with Gasteiger partial charge < -0.3 is 5.32 Å². The van der Waals surface area contributed by atoms with E-state index in [1.54, 1.807) is 22.8 Å². The third-order valence-electron chi connectivity index (χ3n) is 5.99. The second kappa shape index (κ2) is 8.91. The lowest BCUT2D eigenvalue weighted by Crippen LogP contribution is -2.23. The predicted molar refractivity (Wildman–Crippen MR) is 135 cm³/mol. The number of amides is 1. The lowest BCUT2D eigenvalue weighted by atomic mass is 9.99. The van der Waals surface area contributed by atoms with Crippen LogP contribution >= 0.6 is 11.8 Å². The van der Waals surface area contributed by atoms with Crippen LogP contribution in [-0.2, 0) is 11.2 Å². The summed E-state index contributed by atoms with van der Waals surface area (Å²) >= 11 is 1.26. The number of carbonyl (C=O) groups excluding carboxylic acids is 2. The first-order valence-electron chi connectivity index (χ1n) is 11.1. The summed E-state index contributed by atoms with van der Waals surface area (Å²) < 4.78 is 1.61. The Morgan fingerprint density at radius 3 is 2.68 bits per heavy atom. The van der Waals surface area contributed by atoms with Crippen molar-refractivity contribution < 1.29 is 9.59 Å². The van der Waals surface area contributed by atoms with E-state index in [4.69, 9.17) is 4.98 Å². The summed E-state index contributed by atoms with van der Waals surface area (Å²) in [4.78, 5) is 42.9. The highest BCUT2D eigenvalue weighted by Crippen LogP contribution is 2.27. The molecule has 3 aromatic carbocycles. The highest BCUT2D eigenvalue weighted by molar-refractivity contribution is 7.99. The van der Waals surface area contributed by atoms with E-state index in [0.29, 0.717) is 34.5 Å². The highest BCUT2D eigenvalue weighted by Gasteiger charge is 2.19. The van der Waals surface area contributed by atoms with Crippen LogP contribution in [0.3, 0.4) is 0 Å². The highest BCUT2D eigenvalue weighted by atomic mass is 32.2. The van der Waals surface area contributed by atoms with Crippen LogP contribution in [0.4, 0.5) is 5.69 Å². The third-order valence-corrected chi connectivity index (χ3v) is 6.93. The van der Waals surface area contributed by atoms with Crippen molar-refractivity contribution in [2.75, 3.05) is 11.1 Å². The number of Topliss-reactive ketones (excluding diaryl/α,β-unsaturated/α-hetero) is 1. The molecule has 6 nitrogen and oxygen atoms in total. The van der Waals surface area contributed by atoms with E-state index in [1.807, 2.05) is 56.3 Å². The van der Waals surface area contributed by atoms with Crippen LogP contribution in [0.1, 0.15) is 33.5 Å². The fraction of sp³-hybridized carbons (Fsp3) is 0.185. The zero-order chi connectivity index (χ0) is 23.8.